The van der Waals surface area contributed by atoms with Crippen molar-refractivity contribution < 1.29 is 0 Å². The lowest BCUT2D eigenvalue weighted by Crippen LogP contribution is -1.96. The van der Waals surface area contributed by atoms with Gasteiger partial charge in [0.2, 0.25) is 0 Å². The number of pyridine rings is 1. The summed E-state index contributed by atoms with van der Waals surface area (Å²) in [7, 11) is 0. The smallest absolute Gasteiger partial charge is 0.160 e. The number of aromatic nitrogens is 3. The Labute approximate surface area is 369 Å². The van der Waals surface area contributed by atoms with E-state index in [1.54, 1.807) is 0 Å². The lowest BCUT2D eigenvalue weighted by atomic mass is 9.96. The van der Waals surface area contributed by atoms with Gasteiger partial charge in [0.15, 0.2) is 5.82 Å². The fourth-order valence-corrected chi connectivity index (χ4v) is 10.2. The Morgan fingerprint density at radius 3 is 1.48 bits per heavy atom. The van der Waals surface area contributed by atoms with Crippen molar-refractivity contribution in [2.24, 2.45) is 0 Å². The van der Waals surface area contributed by atoms with Crippen LogP contribution in [0.2, 0.25) is 0 Å². The second kappa shape index (κ2) is 15.4. The number of hydrogen-bond donors (Lipinski definition) is 0. The molecule has 0 atom stereocenters. The molecule has 0 fully saturated rings. The van der Waals surface area contributed by atoms with Gasteiger partial charge in [-0.1, -0.05) is 194 Å². The summed E-state index contributed by atoms with van der Waals surface area (Å²) in [4.78, 5) is 15.7. The molecule has 0 saturated heterocycles. The topological polar surface area (TPSA) is 38.7 Å². The molecule has 12 rings (SSSR count). The number of rotatable bonds is 7. The largest absolute Gasteiger partial charge is 0.247 e. The van der Waals surface area contributed by atoms with E-state index in [9.17, 15) is 0 Å². The van der Waals surface area contributed by atoms with Crippen LogP contribution in [0.25, 0.3) is 120 Å². The van der Waals surface area contributed by atoms with E-state index in [4.69, 9.17) is 15.0 Å². The van der Waals surface area contributed by atoms with Gasteiger partial charge in [-0.25, -0.2) is 15.0 Å². The first-order valence-corrected chi connectivity index (χ1v) is 22.1. The van der Waals surface area contributed by atoms with Gasteiger partial charge in [0.25, 0.3) is 0 Å². The SMILES string of the molecule is c1ccc(-c2cccc(-c3cc(-c4ccc(-c5ccc(-c6nc7ccccc7c7c6ccc6c8ccccc8sc67)cc5)cc4)nc(-c4cccc(-c5ccccc5)c4)n3)c2)cc1. The summed E-state index contributed by atoms with van der Waals surface area (Å²) in [5.41, 5.74) is 14.8. The molecule has 3 heterocycles. The van der Waals surface area contributed by atoms with Crippen molar-refractivity contribution >= 4 is 53.2 Å². The summed E-state index contributed by atoms with van der Waals surface area (Å²) < 4.78 is 2.62. The average molecular weight is 820 g/mol. The van der Waals surface area contributed by atoms with Crippen LogP contribution in [0.15, 0.2) is 224 Å². The Bertz CT molecular complexity index is 3550. The van der Waals surface area contributed by atoms with Crippen molar-refractivity contribution in [1.82, 2.24) is 15.0 Å². The highest BCUT2D eigenvalue weighted by Gasteiger charge is 2.17. The highest BCUT2D eigenvalue weighted by Crippen LogP contribution is 2.43. The summed E-state index contributed by atoms with van der Waals surface area (Å²) in [6.07, 6.45) is 0. The van der Waals surface area contributed by atoms with E-state index < -0.39 is 0 Å². The number of benzene rings is 9. The summed E-state index contributed by atoms with van der Waals surface area (Å²) >= 11 is 1.87. The minimum absolute atomic E-state index is 0.688. The number of thiophene rings is 1. The van der Waals surface area contributed by atoms with Gasteiger partial charge in [-0.3, -0.25) is 0 Å². The third-order valence-corrected chi connectivity index (χ3v) is 13.3. The predicted molar refractivity (Wildman–Crippen MR) is 266 cm³/mol. The zero-order chi connectivity index (χ0) is 41.7. The molecule has 0 aliphatic rings. The predicted octanol–water partition coefficient (Wildman–Crippen LogP) is 16.2. The third kappa shape index (κ3) is 6.74. The van der Waals surface area contributed by atoms with Gasteiger partial charge in [-0.15, -0.1) is 11.3 Å². The lowest BCUT2D eigenvalue weighted by molar-refractivity contribution is 1.18. The van der Waals surface area contributed by atoms with Crippen LogP contribution in [0, 0.1) is 0 Å². The van der Waals surface area contributed by atoms with Gasteiger partial charge in [0, 0.05) is 58.6 Å². The Balaban J connectivity index is 0.914. The first-order valence-electron chi connectivity index (χ1n) is 21.2. The Morgan fingerprint density at radius 2 is 0.778 bits per heavy atom. The minimum Gasteiger partial charge on any atom is -0.247 e. The monoisotopic (exact) mass is 819 g/mol. The highest BCUT2D eigenvalue weighted by atomic mass is 32.1. The molecule has 0 spiro atoms. The lowest BCUT2D eigenvalue weighted by Gasteiger charge is -2.13. The Morgan fingerprint density at radius 1 is 0.286 bits per heavy atom. The first kappa shape index (κ1) is 36.8. The molecule has 0 radical (unpaired) electrons. The number of hydrogen-bond acceptors (Lipinski definition) is 4. The Kier molecular flexibility index (Phi) is 9.02. The van der Waals surface area contributed by atoms with Gasteiger partial charge < -0.3 is 0 Å². The van der Waals surface area contributed by atoms with Crippen molar-refractivity contribution in [2.75, 3.05) is 0 Å². The molecule has 0 aliphatic heterocycles. The van der Waals surface area contributed by atoms with Crippen LogP contribution in [0.5, 0.6) is 0 Å². The maximum atomic E-state index is 5.27. The standard InChI is InChI=1S/C59H37N3S/c1-3-13-38(14-4-1)44-17-11-19-46(35-44)54-37-53(61-59(62-54)47-20-12-18-45(36-47)39-15-5-2-6-16-39)42-29-25-40(26-30-42)41-27-31-43(32-28-41)57-51-34-33-49-48-21-8-10-24-55(48)63-58(49)56(51)50-22-7-9-23-52(50)60-57/h1-37H. The van der Waals surface area contributed by atoms with Crippen LogP contribution in [0.4, 0.5) is 0 Å². The van der Waals surface area contributed by atoms with Crippen molar-refractivity contribution in [1.29, 1.82) is 0 Å². The molecule has 3 aromatic heterocycles. The molecule has 294 valence electrons. The molecule has 63 heavy (non-hydrogen) atoms. The second-order valence-corrected chi connectivity index (χ2v) is 17.0. The maximum Gasteiger partial charge on any atom is 0.160 e. The summed E-state index contributed by atoms with van der Waals surface area (Å²) in [5.74, 6) is 0.688. The van der Waals surface area contributed by atoms with Gasteiger partial charge in [-0.05, 0) is 63.7 Å². The van der Waals surface area contributed by atoms with E-state index in [1.807, 2.05) is 23.5 Å². The van der Waals surface area contributed by atoms with Gasteiger partial charge in [0.1, 0.15) is 0 Å². The van der Waals surface area contributed by atoms with Crippen molar-refractivity contribution in [3.63, 3.8) is 0 Å². The second-order valence-electron chi connectivity index (χ2n) is 16.0. The summed E-state index contributed by atoms with van der Waals surface area (Å²) in [5, 5.41) is 6.24. The number of nitrogens with zero attached hydrogens (tertiary/aromatic N) is 3. The van der Waals surface area contributed by atoms with E-state index in [0.717, 1.165) is 72.7 Å². The van der Waals surface area contributed by atoms with Crippen LogP contribution in [-0.2, 0) is 0 Å². The normalized spacial score (nSPS) is 11.5. The fraction of sp³-hybridized carbons (Fsp3) is 0. The van der Waals surface area contributed by atoms with Crippen molar-refractivity contribution in [2.45, 2.75) is 0 Å². The quantitative estimate of drug-likeness (QED) is 0.150. The molecule has 0 aliphatic carbocycles. The molecule has 9 aromatic carbocycles. The molecule has 4 heteroatoms. The fourth-order valence-electron chi connectivity index (χ4n) is 8.92. The van der Waals surface area contributed by atoms with Crippen LogP contribution < -0.4 is 0 Å². The first-order chi connectivity index (χ1) is 31.2. The van der Waals surface area contributed by atoms with Crippen LogP contribution in [-0.4, -0.2) is 15.0 Å². The van der Waals surface area contributed by atoms with E-state index in [-0.39, 0.29) is 0 Å². The van der Waals surface area contributed by atoms with Gasteiger partial charge in [0.05, 0.1) is 22.6 Å². The molecule has 0 bridgehead atoms. The molecule has 0 unspecified atom stereocenters. The highest BCUT2D eigenvalue weighted by molar-refractivity contribution is 7.26. The number of para-hydroxylation sites is 1. The van der Waals surface area contributed by atoms with Gasteiger partial charge in [-0.2, -0.15) is 0 Å². The average Bonchev–Trinajstić information content (AvgIpc) is 3.76. The van der Waals surface area contributed by atoms with Crippen LogP contribution in [0.1, 0.15) is 0 Å². The number of fused-ring (bicyclic) bond motifs is 7. The van der Waals surface area contributed by atoms with Crippen molar-refractivity contribution in [3.05, 3.63) is 224 Å². The van der Waals surface area contributed by atoms with Crippen molar-refractivity contribution in [3.8, 4) is 78.5 Å². The molecular weight excluding hydrogens is 783 g/mol. The molecule has 12 aromatic rings. The molecule has 0 saturated carbocycles. The summed E-state index contributed by atoms with van der Waals surface area (Å²) in [6.45, 7) is 0. The van der Waals surface area contributed by atoms with E-state index >= 15 is 0 Å². The maximum absolute atomic E-state index is 5.27. The minimum atomic E-state index is 0.688. The van der Waals surface area contributed by atoms with Crippen LogP contribution >= 0.6 is 11.3 Å². The van der Waals surface area contributed by atoms with E-state index in [2.05, 4.69) is 212 Å². The van der Waals surface area contributed by atoms with Crippen LogP contribution in [0.3, 0.4) is 0 Å². The molecule has 0 N–H and O–H groups in total. The molecule has 3 nitrogen and oxygen atoms in total. The third-order valence-electron chi connectivity index (χ3n) is 12.1. The van der Waals surface area contributed by atoms with Gasteiger partial charge >= 0.3 is 0 Å². The Hall–Kier alpha value is -8.05. The zero-order valence-corrected chi connectivity index (χ0v) is 34.9. The molecular formula is C59H37N3S. The summed E-state index contributed by atoms with van der Waals surface area (Å²) in [6, 6.07) is 79.6. The van der Waals surface area contributed by atoms with E-state index in [0.29, 0.717) is 5.82 Å². The van der Waals surface area contributed by atoms with E-state index in [1.165, 1.54) is 41.9 Å². The zero-order valence-electron chi connectivity index (χ0n) is 34.1. The molecule has 0 amide bonds.